The van der Waals surface area contributed by atoms with Gasteiger partial charge in [0, 0.05) is 124 Å². The van der Waals surface area contributed by atoms with Crippen LogP contribution in [0.25, 0.3) is 0 Å². The van der Waals surface area contributed by atoms with Crippen molar-refractivity contribution in [2.24, 2.45) is 0 Å². The number of nitrogens with one attached hydrogen (secondary N) is 6. The lowest BCUT2D eigenvalue weighted by Crippen LogP contribution is -2.46. The van der Waals surface area contributed by atoms with Gasteiger partial charge >= 0.3 is 24.1 Å². The number of ketones is 2. The molecule has 0 radical (unpaired) electrons. The number of carboxylic acids is 1. The molecule has 0 saturated heterocycles. The minimum atomic E-state index is -0.966. The van der Waals surface area contributed by atoms with Crippen molar-refractivity contribution in [1.82, 2.24) is 41.7 Å². The molecule has 2 aliphatic rings. The Morgan fingerprint density at radius 2 is 0.780 bits per heavy atom. The lowest BCUT2D eigenvalue weighted by Gasteiger charge is -2.28. The van der Waals surface area contributed by atoms with E-state index >= 15 is 0 Å². The number of esters is 1. The molecule has 6 aromatic rings. The third-order valence-electron chi connectivity index (χ3n) is 18.2. The van der Waals surface area contributed by atoms with Crippen molar-refractivity contribution in [3.05, 3.63) is 214 Å². The van der Waals surface area contributed by atoms with Crippen LogP contribution < -0.4 is 31.9 Å². The van der Waals surface area contributed by atoms with Crippen molar-refractivity contribution in [2.45, 2.75) is 205 Å². The first kappa shape index (κ1) is 85.2. The summed E-state index contributed by atoms with van der Waals surface area (Å²) < 4.78 is 16.1. The second-order valence-electron chi connectivity index (χ2n) is 29.4. The molecule has 109 heavy (non-hydrogen) atoms. The fourth-order valence-corrected chi connectivity index (χ4v) is 12.4. The number of nitrogens with zero attached hydrogens (tertiary/aromatic N) is 2. The molecule has 2 aliphatic carbocycles. The number of carbonyl (C=O) groups is 12. The summed E-state index contributed by atoms with van der Waals surface area (Å²) in [7, 11) is 1.29. The molecule has 8 amide bonds. The van der Waals surface area contributed by atoms with E-state index in [2.05, 4.69) is 60.9 Å². The van der Waals surface area contributed by atoms with Crippen LogP contribution >= 0.6 is 0 Å². The SMILES string of the molecule is CC(C)(C)OC(=O)N(CCCC[C@H](NC(=O)c1cccc(C(=O)NCCC(=O)CCCC(=O)O)c1)C(=O)NCc1ccccc1)C1CC1c1ccccc1.COC(=O)CCCC(=O)CCNC(=O)c1cccc(C(=O)N[C@@H](CCCCN(C(=O)OC(C)(C)C)C2CC2c2ccccc2)C(=O)NCc2ccccc2)c1. The van der Waals surface area contributed by atoms with Gasteiger partial charge in [-0.05, 0) is 164 Å². The van der Waals surface area contributed by atoms with Gasteiger partial charge in [-0.1, -0.05) is 133 Å². The summed E-state index contributed by atoms with van der Waals surface area (Å²) in [6.07, 6.45) is 4.97. The number of ether oxygens (including phenoxy) is 3. The van der Waals surface area contributed by atoms with E-state index < -0.39 is 52.9 Å². The summed E-state index contributed by atoms with van der Waals surface area (Å²) in [5, 5.41) is 25.7. The van der Waals surface area contributed by atoms with E-state index in [4.69, 9.17) is 14.6 Å². The molecule has 2 fully saturated rings. The molecule has 4 unspecified atom stereocenters. The zero-order valence-electron chi connectivity index (χ0n) is 63.7. The topological polar surface area (TPSA) is 331 Å². The van der Waals surface area contributed by atoms with E-state index in [1.165, 1.54) is 30.4 Å². The smallest absolute Gasteiger partial charge is 0.410 e. The van der Waals surface area contributed by atoms with Crippen molar-refractivity contribution >= 4 is 71.1 Å². The lowest BCUT2D eigenvalue weighted by atomic mass is 10.1. The molecule has 0 spiro atoms. The zero-order valence-corrected chi connectivity index (χ0v) is 63.7. The lowest BCUT2D eigenvalue weighted by molar-refractivity contribution is -0.141. The number of rotatable bonds is 40. The monoisotopic (exact) mass is 1490 g/mol. The van der Waals surface area contributed by atoms with Crippen LogP contribution in [0.3, 0.4) is 0 Å². The Kier molecular flexibility index (Phi) is 33.7. The number of Topliss-reactive ketones (excluding diaryl/α,β-unsaturated/α-hetero) is 2. The molecule has 7 N–H and O–H groups in total. The van der Waals surface area contributed by atoms with E-state index in [1.807, 2.05) is 139 Å². The van der Waals surface area contributed by atoms with Crippen LogP contribution in [0.2, 0.25) is 0 Å². The molecule has 24 heteroatoms. The molecule has 0 aliphatic heterocycles. The van der Waals surface area contributed by atoms with Gasteiger partial charge in [0.2, 0.25) is 11.8 Å². The predicted octanol–water partition coefficient (Wildman–Crippen LogP) is 12.1. The summed E-state index contributed by atoms with van der Waals surface area (Å²) in [5.74, 6) is -3.80. The Morgan fingerprint density at radius 3 is 1.14 bits per heavy atom. The third kappa shape index (κ3) is 30.6. The van der Waals surface area contributed by atoms with Crippen LogP contribution in [-0.4, -0.2) is 155 Å². The Bertz CT molecular complexity index is 4020. The quantitative estimate of drug-likeness (QED) is 0.0107. The maximum Gasteiger partial charge on any atom is 0.410 e. The normalized spacial score (nSPS) is 15.3. The minimum absolute atomic E-state index is 0.0145. The molecule has 582 valence electrons. The number of aliphatic carboxylic acids is 1. The van der Waals surface area contributed by atoms with Crippen molar-refractivity contribution < 1.29 is 76.9 Å². The highest BCUT2D eigenvalue weighted by Crippen LogP contribution is 2.46. The Labute approximate surface area is 638 Å². The van der Waals surface area contributed by atoms with Crippen LogP contribution in [0.5, 0.6) is 0 Å². The number of carbonyl (C=O) groups excluding carboxylic acids is 11. The van der Waals surface area contributed by atoms with E-state index in [9.17, 15) is 57.5 Å². The number of amides is 8. The highest BCUT2D eigenvalue weighted by molar-refractivity contribution is 6.02. The van der Waals surface area contributed by atoms with Crippen LogP contribution in [0.15, 0.2) is 170 Å². The number of benzene rings is 6. The van der Waals surface area contributed by atoms with Gasteiger partial charge in [0.15, 0.2) is 0 Å². The van der Waals surface area contributed by atoms with Crippen LogP contribution in [0.1, 0.15) is 220 Å². The van der Waals surface area contributed by atoms with Crippen molar-refractivity contribution in [1.29, 1.82) is 0 Å². The van der Waals surface area contributed by atoms with E-state index in [1.54, 1.807) is 46.2 Å². The van der Waals surface area contributed by atoms with Crippen LogP contribution in [-0.2, 0) is 56.1 Å². The van der Waals surface area contributed by atoms with E-state index in [0.717, 1.165) is 24.0 Å². The fraction of sp³-hybridized carbons (Fsp3) is 0.435. The van der Waals surface area contributed by atoms with Crippen LogP contribution in [0, 0.1) is 0 Å². The van der Waals surface area contributed by atoms with E-state index in [-0.39, 0.29) is 159 Å². The number of hydrogen-bond acceptors (Lipinski definition) is 15. The Hall–Kier alpha value is -11.0. The molecule has 2 saturated carbocycles. The molecule has 0 aromatic heterocycles. The minimum Gasteiger partial charge on any atom is -0.481 e. The molecule has 0 bridgehead atoms. The van der Waals surface area contributed by atoms with Gasteiger partial charge < -0.3 is 61.0 Å². The summed E-state index contributed by atoms with van der Waals surface area (Å²) in [4.78, 5) is 156. The second-order valence-corrected chi connectivity index (χ2v) is 29.4. The summed E-state index contributed by atoms with van der Waals surface area (Å²) >= 11 is 0. The van der Waals surface area contributed by atoms with Crippen molar-refractivity contribution in [3.8, 4) is 0 Å². The van der Waals surface area contributed by atoms with Gasteiger partial charge in [-0.2, -0.15) is 0 Å². The van der Waals surface area contributed by atoms with Gasteiger partial charge in [-0.3, -0.25) is 47.9 Å². The summed E-state index contributed by atoms with van der Waals surface area (Å²) in [5.41, 5.74) is 3.69. The average Bonchev–Trinajstić information content (AvgIpc) is 1.64. The van der Waals surface area contributed by atoms with Gasteiger partial charge in [0.05, 0.1) is 7.11 Å². The maximum atomic E-state index is 13.5. The van der Waals surface area contributed by atoms with E-state index in [0.29, 0.717) is 58.0 Å². The molecule has 0 heterocycles. The second kappa shape index (κ2) is 43.1. The summed E-state index contributed by atoms with van der Waals surface area (Å²) in [6.45, 7) is 12.7. The zero-order chi connectivity index (χ0) is 78.9. The number of unbranched alkanes of at least 4 members (excludes halogenated alkanes) is 2. The van der Waals surface area contributed by atoms with Crippen molar-refractivity contribution in [3.63, 3.8) is 0 Å². The molecular weight excluding hydrogens is 1390 g/mol. The first-order valence-electron chi connectivity index (χ1n) is 37.6. The Morgan fingerprint density at radius 1 is 0.422 bits per heavy atom. The molecule has 6 aromatic carbocycles. The molecular formula is C85H106N8O16. The first-order chi connectivity index (χ1) is 52.1. The molecule has 24 nitrogen and oxygen atoms in total. The molecule has 8 rings (SSSR count). The standard InChI is InChI=1S/C43H54N4O8.C42H52N4O8/c1-43(2,3)55-42(53)47(37-28-35(37)31-17-9-6-10-18-31)26-12-11-22-36(41(52)45-29-30-15-7-5-8-16-30)46-40(51)33-20-13-19-32(27-33)39(50)44-25-24-34(48)21-14-23-38(49)54-4;1-42(2,3)54-41(53)46(36-27-34(36)30-16-8-5-9-17-30)25-11-10-21-35(40(52)44-28-29-14-6-4-7-15-29)45-39(51)32-19-12-18-31(26-32)38(50)43-24-23-33(47)20-13-22-37(48)49/h5-10,13,15-20,27,35-37H,11-12,14,21-26,28-29H2,1-4H3,(H,44,50)(H,45,52)(H,46,51);4-9,12,14-19,26,34-36H,10-11,13,20-25,27-28H2,1-3H3,(H,43,50)(H,44,52)(H,45,51)(H,48,49)/t35?,36-,37?;34?,35-,36?/m00/s1. The highest BCUT2D eigenvalue weighted by atomic mass is 16.6. The van der Waals surface area contributed by atoms with Crippen LogP contribution in [0.4, 0.5) is 9.59 Å². The predicted molar refractivity (Wildman–Crippen MR) is 412 cm³/mol. The summed E-state index contributed by atoms with van der Waals surface area (Å²) in [6, 6.07) is 49.6. The highest BCUT2D eigenvalue weighted by Gasteiger charge is 2.47. The average molecular weight is 1500 g/mol. The maximum absolute atomic E-state index is 13.5. The van der Waals surface area contributed by atoms with Gasteiger partial charge in [0.1, 0.15) is 34.9 Å². The first-order valence-corrected chi connectivity index (χ1v) is 37.6. The van der Waals surface area contributed by atoms with Gasteiger partial charge in [0.25, 0.3) is 23.6 Å². The molecule has 6 atom stereocenters. The van der Waals surface area contributed by atoms with Gasteiger partial charge in [-0.25, -0.2) is 9.59 Å². The number of carboxylic acid groups (broad SMARTS) is 1. The number of hydrogen-bond donors (Lipinski definition) is 7. The largest absolute Gasteiger partial charge is 0.481 e. The third-order valence-corrected chi connectivity index (χ3v) is 18.2. The number of methoxy groups -OCH3 is 1. The van der Waals surface area contributed by atoms with Crippen molar-refractivity contribution in [2.75, 3.05) is 33.3 Å². The fourth-order valence-electron chi connectivity index (χ4n) is 12.4. The Balaban J connectivity index is 0.000000303. The van der Waals surface area contributed by atoms with Gasteiger partial charge in [-0.15, -0.1) is 0 Å².